The number of carbonyl (C=O) groups excluding carboxylic acids is 1. The molecule has 7 nitrogen and oxygen atoms in total. The number of carboxylic acids is 1. The summed E-state index contributed by atoms with van der Waals surface area (Å²) in [5, 5.41) is 17.9. The Balaban J connectivity index is 3.11. The summed E-state index contributed by atoms with van der Waals surface area (Å²) in [4.78, 5) is 35.5. The molecule has 0 saturated carbocycles. The normalized spacial score (nSPS) is 12.0. The number of carboxylic acid groups (broad SMARTS) is 1. The largest absolute Gasteiger partial charge is 0.480 e. The molecule has 1 amide bonds. The SMILES string of the molecule is CCCC[C@H](NC(=O)c1c(CC)c(CC)n[nH]c1=O)C(=O)O. The van der Waals surface area contributed by atoms with E-state index in [1.807, 2.05) is 20.8 Å². The van der Waals surface area contributed by atoms with Gasteiger partial charge in [-0.25, -0.2) is 9.89 Å². The molecule has 0 aliphatic carbocycles. The van der Waals surface area contributed by atoms with Crippen LogP contribution >= 0.6 is 0 Å². The molecule has 0 radical (unpaired) electrons. The molecule has 3 N–H and O–H groups in total. The molecule has 1 atom stereocenters. The van der Waals surface area contributed by atoms with Crippen molar-refractivity contribution in [2.75, 3.05) is 0 Å². The summed E-state index contributed by atoms with van der Waals surface area (Å²) in [7, 11) is 0. The van der Waals surface area contributed by atoms with Gasteiger partial charge in [-0.2, -0.15) is 5.10 Å². The standard InChI is InChI=1S/C15H23N3O4/c1-4-7-8-11(15(21)22)16-13(19)12-9(5-2)10(6-3)17-18-14(12)20/h11H,4-8H2,1-3H3,(H,16,19)(H,18,20)(H,21,22)/t11-/m0/s1. The van der Waals surface area contributed by atoms with E-state index in [-0.39, 0.29) is 5.56 Å². The van der Waals surface area contributed by atoms with E-state index in [0.29, 0.717) is 36.9 Å². The molecule has 0 aliphatic heterocycles. The zero-order valence-electron chi connectivity index (χ0n) is 13.2. The molecule has 1 aromatic rings. The molecule has 22 heavy (non-hydrogen) atoms. The van der Waals surface area contributed by atoms with Gasteiger partial charge >= 0.3 is 5.97 Å². The quantitative estimate of drug-likeness (QED) is 0.669. The lowest BCUT2D eigenvalue weighted by atomic mass is 10.0. The van der Waals surface area contributed by atoms with Crippen LogP contribution in [0.25, 0.3) is 0 Å². The smallest absolute Gasteiger partial charge is 0.326 e. The second-order valence-corrected chi connectivity index (χ2v) is 5.07. The average Bonchev–Trinajstić information content (AvgIpc) is 2.50. The number of aromatic amines is 1. The minimum atomic E-state index is -1.10. The molecule has 1 heterocycles. The molecular weight excluding hydrogens is 286 g/mol. The maximum atomic E-state index is 12.4. The first-order valence-electron chi connectivity index (χ1n) is 7.60. The fraction of sp³-hybridized carbons (Fsp3) is 0.600. The minimum Gasteiger partial charge on any atom is -0.480 e. The molecule has 0 aliphatic rings. The molecule has 0 spiro atoms. The fourth-order valence-corrected chi connectivity index (χ4v) is 2.33. The number of aliphatic carboxylic acids is 1. The van der Waals surface area contributed by atoms with Gasteiger partial charge in [0.05, 0.1) is 5.69 Å². The number of hydrogen-bond acceptors (Lipinski definition) is 4. The van der Waals surface area contributed by atoms with Gasteiger partial charge in [-0.3, -0.25) is 9.59 Å². The van der Waals surface area contributed by atoms with E-state index < -0.39 is 23.5 Å². The first kappa shape index (κ1) is 17.9. The van der Waals surface area contributed by atoms with E-state index in [2.05, 4.69) is 15.5 Å². The molecule has 0 aromatic carbocycles. The van der Waals surface area contributed by atoms with Crippen LogP contribution in [0.4, 0.5) is 0 Å². The molecule has 0 bridgehead atoms. The Hall–Kier alpha value is -2.18. The highest BCUT2D eigenvalue weighted by molar-refractivity contribution is 5.97. The van der Waals surface area contributed by atoms with Crippen LogP contribution in [0, 0.1) is 0 Å². The highest BCUT2D eigenvalue weighted by atomic mass is 16.4. The van der Waals surface area contributed by atoms with Crippen LogP contribution < -0.4 is 10.9 Å². The monoisotopic (exact) mass is 309 g/mol. The number of aryl methyl sites for hydroxylation is 1. The number of H-pyrrole nitrogens is 1. The number of amides is 1. The topological polar surface area (TPSA) is 112 Å². The summed E-state index contributed by atoms with van der Waals surface area (Å²) in [5.74, 6) is -1.75. The second kappa shape index (κ2) is 8.31. The van der Waals surface area contributed by atoms with Gasteiger partial charge in [-0.1, -0.05) is 33.6 Å². The number of rotatable bonds is 8. The predicted molar refractivity (Wildman–Crippen MR) is 82.0 cm³/mol. The lowest BCUT2D eigenvalue weighted by Gasteiger charge is -2.16. The van der Waals surface area contributed by atoms with Gasteiger partial charge in [0.1, 0.15) is 11.6 Å². The molecule has 122 valence electrons. The molecule has 0 saturated heterocycles. The summed E-state index contributed by atoms with van der Waals surface area (Å²) in [5.41, 5.74) is 0.597. The molecule has 7 heteroatoms. The van der Waals surface area contributed by atoms with Crippen molar-refractivity contribution in [3.05, 3.63) is 27.2 Å². The lowest BCUT2D eigenvalue weighted by Crippen LogP contribution is -2.43. The van der Waals surface area contributed by atoms with Crippen LogP contribution in [-0.4, -0.2) is 33.2 Å². The summed E-state index contributed by atoms with van der Waals surface area (Å²) in [6.07, 6.45) is 2.91. The molecule has 0 fully saturated rings. The Morgan fingerprint density at radius 3 is 2.45 bits per heavy atom. The number of nitrogens with zero attached hydrogens (tertiary/aromatic N) is 1. The first-order valence-corrected chi connectivity index (χ1v) is 7.60. The van der Waals surface area contributed by atoms with Crippen LogP contribution in [0.2, 0.25) is 0 Å². The number of unbranched alkanes of at least 4 members (excludes halogenated alkanes) is 1. The molecule has 0 unspecified atom stereocenters. The van der Waals surface area contributed by atoms with Crippen LogP contribution in [0.5, 0.6) is 0 Å². The third-order valence-corrected chi connectivity index (χ3v) is 3.53. The minimum absolute atomic E-state index is 0.0305. The summed E-state index contributed by atoms with van der Waals surface area (Å²) >= 11 is 0. The van der Waals surface area contributed by atoms with E-state index in [0.717, 1.165) is 6.42 Å². The summed E-state index contributed by atoms with van der Waals surface area (Å²) in [6, 6.07) is -0.991. The van der Waals surface area contributed by atoms with Crippen molar-refractivity contribution in [1.82, 2.24) is 15.5 Å². The fourth-order valence-electron chi connectivity index (χ4n) is 2.33. The van der Waals surface area contributed by atoms with Crippen LogP contribution in [0.1, 0.15) is 61.6 Å². The van der Waals surface area contributed by atoms with E-state index in [4.69, 9.17) is 0 Å². The Morgan fingerprint density at radius 2 is 1.95 bits per heavy atom. The van der Waals surface area contributed by atoms with Crippen LogP contribution in [0.15, 0.2) is 4.79 Å². The van der Waals surface area contributed by atoms with Crippen molar-refractivity contribution in [2.24, 2.45) is 0 Å². The number of carbonyl (C=O) groups is 2. The van der Waals surface area contributed by atoms with E-state index in [1.165, 1.54) is 0 Å². The zero-order valence-corrected chi connectivity index (χ0v) is 13.2. The third kappa shape index (κ3) is 4.16. The van der Waals surface area contributed by atoms with Gasteiger partial charge in [0.25, 0.3) is 11.5 Å². The van der Waals surface area contributed by atoms with Crippen molar-refractivity contribution >= 4 is 11.9 Å². The van der Waals surface area contributed by atoms with Gasteiger partial charge in [0.2, 0.25) is 0 Å². The number of hydrogen-bond donors (Lipinski definition) is 3. The molecule has 1 rings (SSSR count). The van der Waals surface area contributed by atoms with E-state index >= 15 is 0 Å². The summed E-state index contributed by atoms with van der Waals surface area (Å²) in [6.45, 7) is 5.65. The zero-order chi connectivity index (χ0) is 16.7. The van der Waals surface area contributed by atoms with Gasteiger partial charge < -0.3 is 10.4 Å². The van der Waals surface area contributed by atoms with Crippen molar-refractivity contribution < 1.29 is 14.7 Å². The Labute approximate surface area is 129 Å². The van der Waals surface area contributed by atoms with Crippen LogP contribution in [-0.2, 0) is 17.6 Å². The highest BCUT2D eigenvalue weighted by Crippen LogP contribution is 2.11. The Morgan fingerprint density at radius 1 is 1.27 bits per heavy atom. The van der Waals surface area contributed by atoms with E-state index in [1.54, 1.807) is 0 Å². The molecular formula is C15H23N3O4. The van der Waals surface area contributed by atoms with Gasteiger partial charge in [-0.05, 0) is 24.8 Å². The number of aromatic nitrogens is 2. The Kier molecular flexibility index (Phi) is 6.75. The lowest BCUT2D eigenvalue weighted by molar-refractivity contribution is -0.139. The second-order valence-electron chi connectivity index (χ2n) is 5.07. The highest BCUT2D eigenvalue weighted by Gasteiger charge is 2.24. The van der Waals surface area contributed by atoms with Crippen molar-refractivity contribution in [3.8, 4) is 0 Å². The van der Waals surface area contributed by atoms with Crippen LogP contribution in [0.3, 0.4) is 0 Å². The van der Waals surface area contributed by atoms with Crippen molar-refractivity contribution in [1.29, 1.82) is 0 Å². The maximum Gasteiger partial charge on any atom is 0.326 e. The van der Waals surface area contributed by atoms with Crippen molar-refractivity contribution in [2.45, 2.75) is 58.9 Å². The average molecular weight is 309 g/mol. The predicted octanol–water partition coefficient (Wildman–Crippen LogP) is 1.27. The maximum absolute atomic E-state index is 12.4. The Bertz CT molecular complexity index is 595. The van der Waals surface area contributed by atoms with Gasteiger partial charge in [0, 0.05) is 0 Å². The number of nitrogens with one attached hydrogen (secondary N) is 2. The van der Waals surface area contributed by atoms with Crippen molar-refractivity contribution in [3.63, 3.8) is 0 Å². The van der Waals surface area contributed by atoms with Gasteiger partial charge in [0.15, 0.2) is 0 Å². The third-order valence-electron chi connectivity index (χ3n) is 3.53. The van der Waals surface area contributed by atoms with Gasteiger partial charge in [-0.15, -0.1) is 0 Å². The molecule has 1 aromatic heterocycles. The van der Waals surface area contributed by atoms with E-state index in [9.17, 15) is 19.5 Å². The summed E-state index contributed by atoms with van der Waals surface area (Å²) < 4.78 is 0. The first-order chi connectivity index (χ1) is 10.5.